The van der Waals surface area contributed by atoms with E-state index in [1.54, 1.807) is 16.2 Å². The molecule has 0 bridgehead atoms. The van der Waals surface area contributed by atoms with Crippen LogP contribution >= 0.6 is 11.3 Å². The van der Waals surface area contributed by atoms with Crippen molar-refractivity contribution in [1.82, 2.24) is 15.2 Å². The lowest BCUT2D eigenvalue weighted by molar-refractivity contribution is 0.197. The molecule has 0 radical (unpaired) electrons. The van der Waals surface area contributed by atoms with E-state index in [1.165, 1.54) is 4.70 Å². The SMILES string of the molecule is CC(CNC(=O)N(C)C(C)C)c1nc2ccccc2s1. The van der Waals surface area contributed by atoms with Crippen molar-refractivity contribution in [3.63, 3.8) is 0 Å². The minimum Gasteiger partial charge on any atom is -0.337 e. The van der Waals surface area contributed by atoms with E-state index >= 15 is 0 Å². The molecule has 2 rings (SSSR count). The summed E-state index contributed by atoms with van der Waals surface area (Å²) in [6.07, 6.45) is 0. The molecule has 0 saturated carbocycles. The third-order valence-corrected chi connectivity index (χ3v) is 4.65. The van der Waals surface area contributed by atoms with Crippen molar-refractivity contribution < 1.29 is 4.79 Å². The molecule has 1 unspecified atom stereocenters. The number of carbonyl (C=O) groups excluding carboxylic acids is 1. The molecule has 0 fully saturated rings. The molecule has 1 aromatic heterocycles. The summed E-state index contributed by atoms with van der Waals surface area (Å²) in [6.45, 7) is 6.69. The van der Waals surface area contributed by atoms with E-state index in [-0.39, 0.29) is 18.0 Å². The zero-order valence-corrected chi connectivity index (χ0v) is 13.2. The second kappa shape index (κ2) is 6.22. The Hall–Kier alpha value is -1.62. The lowest BCUT2D eigenvalue weighted by atomic mass is 10.2. The van der Waals surface area contributed by atoms with Crippen molar-refractivity contribution in [3.05, 3.63) is 29.3 Å². The van der Waals surface area contributed by atoms with Crippen molar-refractivity contribution in [3.8, 4) is 0 Å². The number of hydrogen-bond donors (Lipinski definition) is 1. The van der Waals surface area contributed by atoms with Crippen molar-refractivity contribution in [2.45, 2.75) is 32.7 Å². The van der Waals surface area contributed by atoms with Gasteiger partial charge in [0.15, 0.2) is 0 Å². The fraction of sp³-hybridized carbons (Fsp3) is 0.467. The number of carbonyl (C=O) groups is 1. The lowest BCUT2D eigenvalue weighted by Gasteiger charge is -2.22. The number of hydrogen-bond acceptors (Lipinski definition) is 3. The van der Waals surface area contributed by atoms with Crippen LogP contribution in [0.25, 0.3) is 10.2 Å². The molecule has 0 aliphatic rings. The number of rotatable bonds is 4. The van der Waals surface area contributed by atoms with Crippen LogP contribution in [0.4, 0.5) is 4.79 Å². The summed E-state index contributed by atoms with van der Waals surface area (Å²) < 4.78 is 1.19. The van der Waals surface area contributed by atoms with Crippen LogP contribution in [0, 0.1) is 0 Å². The Balaban J connectivity index is 1.98. The van der Waals surface area contributed by atoms with Gasteiger partial charge >= 0.3 is 6.03 Å². The summed E-state index contributed by atoms with van der Waals surface area (Å²) in [6, 6.07) is 8.28. The zero-order chi connectivity index (χ0) is 14.7. The number of aromatic nitrogens is 1. The molecule has 0 aliphatic heterocycles. The summed E-state index contributed by atoms with van der Waals surface area (Å²) in [7, 11) is 1.81. The quantitative estimate of drug-likeness (QED) is 0.937. The van der Waals surface area contributed by atoms with E-state index in [9.17, 15) is 4.79 Å². The van der Waals surface area contributed by atoms with Crippen LogP contribution in [-0.4, -0.2) is 35.5 Å². The highest BCUT2D eigenvalue weighted by atomic mass is 32.1. The third kappa shape index (κ3) is 3.28. The van der Waals surface area contributed by atoms with Crippen LogP contribution in [0.3, 0.4) is 0 Å². The first-order chi connectivity index (χ1) is 9.49. The van der Waals surface area contributed by atoms with Crippen LogP contribution in [0.15, 0.2) is 24.3 Å². The molecular weight excluding hydrogens is 270 g/mol. The van der Waals surface area contributed by atoms with Crippen LogP contribution in [0.5, 0.6) is 0 Å². The molecule has 1 heterocycles. The van der Waals surface area contributed by atoms with Gasteiger partial charge in [-0.05, 0) is 26.0 Å². The van der Waals surface area contributed by atoms with Gasteiger partial charge < -0.3 is 10.2 Å². The van der Waals surface area contributed by atoms with E-state index in [1.807, 2.05) is 39.1 Å². The van der Waals surface area contributed by atoms with Gasteiger partial charge in [-0.15, -0.1) is 11.3 Å². The lowest BCUT2D eigenvalue weighted by Crippen LogP contribution is -2.42. The molecule has 0 aliphatic carbocycles. The molecule has 0 saturated heterocycles. The number of amides is 2. The first-order valence-corrected chi connectivity index (χ1v) is 7.66. The summed E-state index contributed by atoms with van der Waals surface area (Å²) in [4.78, 5) is 18.2. The topological polar surface area (TPSA) is 45.2 Å². The van der Waals surface area contributed by atoms with E-state index in [4.69, 9.17) is 0 Å². The molecule has 1 aromatic carbocycles. The Morgan fingerprint density at radius 3 is 2.70 bits per heavy atom. The summed E-state index contributed by atoms with van der Waals surface area (Å²) in [5.41, 5.74) is 1.03. The normalized spacial score (nSPS) is 12.7. The van der Waals surface area contributed by atoms with E-state index in [2.05, 4.69) is 23.3 Å². The maximum absolute atomic E-state index is 11.9. The Morgan fingerprint density at radius 1 is 1.35 bits per heavy atom. The Kier molecular flexibility index (Phi) is 4.60. The van der Waals surface area contributed by atoms with E-state index in [0.29, 0.717) is 6.54 Å². The van der Waals surface area contributed by atoms with Crippen molar-refractivity contribution in [2.75, 3.05) is 13.6 Å². The maximum Gasteiger partial charge on any atom is 0.317 e. The van der Waals surface area contributed by atoms with Crippen molar-refractivity contribution in [1.29, 1.82) is 0 Å². The molecular formula is C15H21N3OS. The highest BCUT2D eigenvalue weighted by Crippen LogP contribution is 2.26. The number of nitrogens with one attached hydrogen (secondary N) is 1. The van der Waals surface area contributed by atoms with Gasteiger partial charge in [0.05, 0.1) is 15.2 Å². The first kappa shape index (κ1) is 14.8. The molecule has 5 heteroatoms. The second-order valence-electron chi connectivity index (χ2n) is 5.31. The molecule has 108 valence electrons. The van der Waals surface area contributed by atoms with Crippen LogP contribution in [-0.2, 0) is 0 Å². The van der Waals surface area contributed by atoms with Gasteiger partial charge in [-0.2, -0.15) is 0 Å². The zero-order valence-electron chi connectivity index (χ0n) is 12.4. The number of benzene rings is 1. The number of thiazole rings is 1. The molecule has 4 nitrogen and oxygen atoms in total. The predicted octanol–water partition coefficient (Wildman–Crippen LogP) is 3.45. The molecule has 20 heavy (non-hydrogen) atoms. The van der Waals surface area contributed by atoms with Gasteiger partial charge in [0, 0.05) is 25.6 Å². The molecule has 2 aromatic rings. The summed E-state index contributed by atoms with van der Waals surface area (Å²) in [5, 5.41) is 4.03. The summed E-state index contributed by atoms with van der Waals surface area (Å²) >= 11 is 1.70. The van der Waals surface area contributed by atoms with Gasteiger partial charge in [0.2, 0.25) is 0 Å². The monoisotopic (exact) mass is 291 g/mol. The Labute approximate surface area is 123 Å². The number of nitrogens with zero attached hydrogens (tertiary/aromatic N) is 2. The fourth-order valence-corrected chi connectivity index (χ4v) is 2.81. The van der Waals surface area contributed by atoms with E-state index < -0.39 is 0 Å². The third-order valence-electron chi connectivity index (χ3n) is 3.39. The van der Waals surface area contributed by atoms with Gasteiger partial charge in [0.25, 0.3) is 0 Å². The Morgan fingerprint density at radius 2 is 2.05 bits per heavy atom. The average molecular weight is 291 g/mol. The standard InChI is InChI=1S/C15H21N3OS/c1-10(2)18(4)15(19)16-9-11(3)14-17-12-7-5-6-8-13(12)20-14/h5-8,10-11H,9H2,1-4H3,(H,16,19). The van der Waals surface area contributed by atoms with Crippen LogP contribution in [0.1, 0.15) is 31.7 Å². The maximum atomic E-state index is 11.9. The highest BCUT2D eigenvalue weighted by molar-refractivity contribution is 7.18. The smallest absolute Gasteiger partial charge is 0.317 e. The number of urea groups is 1. The van der Waals surface area contributed by atoms with Gasteiger partial charge in [-0.25, -0.2) is 9.78 Å². The Bertz CT molecular complexity index is 561. The molecule has 1 atom stereocenters. The second-order valence-corrected chi connectivity index (χ2v) is 6.37. The minimum atomic E-state index is -0.0343. The number of para-hydroxylation sites is 1. The van der Waals surface area contributed by atoms with Crippen molar-refractivity contribution >= 4 is 27.6 Å². The summed E-state index contributed by atoms with van der Waals surface area (Å²) in [5.74, 6) is 0.219. The average Bonchev–Trinajstić information content (AvgIpc) is 2.87. The van der Waals surface area contributed by atoms with Gasteiger partial charge in [0.1, 0.15) is 0 Å². The first-order valence-electron chi connectivity index (χ1n) is 6.85. The van der Waals surface area contributed by atoms with Gasteiger partial charge in [-0.3, -0.25) is 0 Å². The largest absolute Gasteiger partial charge is 0.337 e. The van der Waals surface area contributed by atoms with Crippen LogP contribution < -0.4 is 5.32 Å². The molecule has 0 spiro atoms. The minimum absolute atomic E-state index is 0.0343. The molecule has 1 N–H and O–H groups in total. The van der Waals surface area contributed by atoms with Gasteiger partial charge in [-0.1, -0.05) is 19.1 Å². The highest BCUT2D eigenvalue weighted by Gasteiger charge is 2.15. The van der Waals surface area contributed by atoms with Crippen molar-refractivity contribution in [2.24, 2.45) is 0 Å². The number of fused-ring (bicyclic) bond motifs is 1. The van der Waals surface area contributed by atoms with E-state index in [0.717, 1.165) is 10.5 Å². The fourth-order valence-electron chi connectivity index (χ4n) is 1.79. The predicted molar refractivity (Wildman–Crippen MR) is 84.3 cm³/mol. The molecule has 2 amide bonds. The van der Waals surface area contributed by atoms with Crippen LogP contribution in [0.2, 0.25) is 0 Å².